The molecule has 1 saturated heterocycles. The van der Waals surface area contributed by atoms with Crippen molar-refractivity contribution >= 4 is 28.8 Å². The molecule has 0 radical (unpaired) electrons. The van der Waals surface area contributed by atoms with Crippen LogP contribution in [0.5, 0.6) is 11.5 Å². The Balaban J connectivity index is 1.40. The van der Waals surface area contributed by atoms with Crippen LogP contribution >= 0.6 is 11.3 Å². The van der Waals surface area contributed by atoms with Gasteiger partial charge in [0.25, 0.3) is 5.91 Å². The number of amides is 2. The van der Waals surface area contributed by atoms with E-state index in [-0.39, 0.29) is 23.8 Å². The number of piperidine rings is 1. The van der Waals surface area contributed by atoms with Gasteiger partial charge in [-0.2, -0.15) is 0 Å². The van der Waals surface area contributed by atoms with E-state index in [1.807, 2.05) is 35.7 Å². The largest absolute Gasteiger partial charge is 0.493 e. The minimum absolute atomic E-state index is 0.0131. The Bertz CT molecular complexity index is 877. The van der Waals surface area contributed by atoms with Crippen LogP contribution in [0.1, 0.15) is 48.2 Å². The molecule has 0 spiro atoms. The quantitative estimate of drug-likeness (QED) is 0.732. The molecule has 7 heteroatoms. The smallest absolute Gasteiger partial charge is 0.263 e. The van der Waals surface area contributed by atoms with Crippen LogP contribution < -0.4 is 14.8 Å². The molecule has 2 heterocycles. The topological polar surface area (TPSA) is 67.9 Å². The van der Waals surface area contributed by atoms with Gasteiger partial charge in [0.1, 0.15) is 0 Å². The zero-order valence-corrected chi connectivity index (χ0v) is 18.1. The average molecular weight is 429 g/mol. The zero-order valence-electron chi connectivity index (χ0n) is 17.3. The Hall–Kier alpha value is -2.54. The molecule has 2 amide bonds. The van der Waals surface area contributed by atoms with Crippen molar-refractivity contribution in [2.45, 2.75) is 44.6 Å². The first kappa shape index (κ1) is 20.7. The normalized spacial score (nSPS) is 19.5. The number of methoxy groups -OCH3 is 1. The second kappa shape index (κ2) is 9.51. The third kappa shape index (κ3) is 4.78. The number of carbonyl (C=O) groups excluding carboxylic acids is 2. The van der Waals surface area contributed by atoms with E-state index in [0.29, 0.717) is 30.3 Å². The van der Waals surface area contributed by atoms with E-state index in [2.05, 4.69) is 5.32 Å². The van der Waals surface area contributed by atoms with Crippen LogP contribution in [0.25, 0.3) is 0 Å². The molecule has 160 valence electrons. The number of nitrogens with one attached hydrogen (secondary N) is 1. The third-order valence-corrected chi connectivity index (χ3v) is 6.70. The fourth-order valence-electron chi connectivity index (χ4n) is 4.21. The van der Waals surface area contributed by atoms with Crippen molar-refractivity contribution in [3.63, 3.8) is 0 Å². The maximum Gasteiger partial charge on any atom is 0.263 e. The van der Waals surface area contributed by atoms with Crippen LogP contribution in [0.2, 0.25) is 0 Å². The van der Waals surface area contributed by atoms with Crippen molar-refractivity contribution in [1.82, 2.24) is 4.90 Å². The number of thiophene rings is 1. The van der Waals surface area contributed by atoms with Crippen LogP contribution in [0.15, 0.2) is 35.7 Å². The number of anilines is 1. The van der Waals surface area contributed by atoms with Crippen LogP contribution in [0.3, 0.4) is 0 Å². The van der Waals surface area contributed by atoms with Crippen molar-refractivity contribution in [2.75, 3.05) is 25.5 Å². The predicted molar refractivity (Wildman–Crippen MR) is 117 cm³/mol. The molecule has 2 fully saturated rings. The summed E-state index contributed by atoms with van der Waals surface area (Å²) in [5.41, 5.74) is 0.690. The van der Waals surface area contributed by atoms with Gasteiger partial charge in [-0.3, -0.25) is 9.59 Å². The number of carbonyl (C=O) groups is 2. The monoisotopic (exact) mass is 428 g/mol. The van der Waals surface area contributed by atoms with Gasteiger partial charge in [0.15, 0.2) is 11.5 Å². The number of hydrogen-bond acceptors (Lipinski definition) is 5. The van der Waals surface area contributed by atoms with Gasteiger partial charge in [-0.15, -0.1) is 11.3 Å². The van der Waals surface area contributed by atoms with Gasteiger partial charge in [0, 0.05) is 24.8 Å². The summed E-state index contributed by atoms with van der Waals surface area (Å²) in [4.78, 5) is 28.1. The number of hydrogen-bond donors (Lipinski definition) is 1. The summed E-state index contributed by atoms with van der Waals surface area (Å²) in [6.07, 6.45) is 6.29. The molecule has 1 aliphatic carbocycles. The standard InChI is InChI=1S/C23H28N2O4S/c1-28-19-11-10-17(14-20(19)29-18-7-2-3-8-18)24-22(26)16-6-4-12-25(15-16)23(27)21-9-5-13-30-21/h5,9-11,13-14,16,18H,2-4,6-8,12,15H2,1H3,(H,24,26). The van der Waals surface area contributed by atoms with E-state index in [9.17, 15) is 9.59 Å². The minimum atomic E-state index is -0.219. The number of nitrogens with zero attached hydrogens (tertiary/aromatic N) is 1. The Morgan fingerprint density at radius 2 is 1.93 bits per heavy atom. The molecule has 6 nitrogen and oxygen atoms in total. The van der Waals surface area contributed by atoms with Gasteiger partial charge in [0.2, 0.25) is 5.91 Å². The molecule has 0 bridgehead atoms. The first-order valence-electron chi connectivity index (χ1n) is 10.6. The minimum Gasteiger partial charge on any atom is -0.493 e. The first-order valence-corrected chi connectivity index (χ1v) is 11.5. The Morgan fingerprint density at radius 1 is 1.10 bits per heavy atom. The molecule has 2 aromatic rings. The Kier molecular flexibility index (Phi) is 6.57. The number of likely N-dealkylation sites (tertiary alicyclic amines) is 1. The van der Waals surface area contributed by atoms with E-state index < -0.39 is 0 Å². The lowest BCUT2D eigenvalue weighted by Gasteiger charge is -2.31. The van der Waals surface area contributed by atoms with Gasteiger partial charge in [-0.05, 0) is 62.1 Å². The second-order valence-corrected chi connectivity index (χ2v) is 8.89. The molecule has 4 rings (SSSR count). The highest BCUT2D eigenvalue weighted by atomic mass is 32.1. The highest BCUT2D eigenvalue weighted by Gasteiger charge is 2.29. The lowest BCUT2D eigenvalue weighted by atomic mass is 9.97. The SMILES string of the molecule is COc1ccc(NC(=O)C2CCCN(C(=O)c3cccs3)C2)cc1OC1CCCC1. The van der Waals surface area contributed by atoms with Gasteiger partial charge >= 0.3 is 0 Å². The van der Waals surface area contributed by atoms with Crippen molar-refractivity contribution in [2.24, 2.45) is 5.92 Å². The van der Waals surface area contributed by atoms with Gasteiger partial charge in [-0.25, -0.2) is 0 Å². The molecule has 2 aliphatic rings. The molecule has 1 saturated carbocycles. The summed E-state index contributed by atoms with van der Waals surface area (Å²) in [6, 6.07) is 9.20. The lowest BCUT2D eigenvalue weighted by molar-refractivity contribution is -0.121. The van der Waals surface area contributed by atoms with Crippen LogP contribution in [0, 0.1) is 5.92 Å². The average Bonchev–Trinajstić information content (AvgIpc) is 3.48. The highest BCUT2D eigenvalue weighted by molar-refractivity contribution is 7.12. The summed E-state index contributed by atoms with van der Waals surface area (Å²) in [5, 5.41) is 4.91. The van der Waals surface area contributed by atoms with Crippen LogP contribution in [-0.2, 0) is 4.79 Å². The molecule has 30 heavy (non-hydrogen) atoms. The van der Waals surface area contributed by atoms with E-state index in [1.165, 1.54) is 24.2 Å². The fourth-order valence-corrected chi connectivity index (χ4v) is 4.90. The summed E-state index contributed by atoms with van der Waals surface area (Å²) in [5.74, 6) is 1.07. The summed E-state index contributed by atoms with van der Waals surface area (Å²) in [7, 11) is 1.62. The molecule has 1 aromatic heterocycles. The number of ether oxygens (including phenoxy) is 2. The van der Waals surface area contributed by atoms with E-state index in [0.717, 1.165) is 30.6 Å². The third-order valence-electron chi connectivity index (χ3n) is 5.84. The Labute approximate surface area is 181 Å². The lowest BCUT2D eigenvalue weighted by Crippen LogP contribution is -2.43. The molecule has 1 atom stereocenters. The number of benzene rings is 1. The molecule has 1 N–H and O–H groups in total. The molecular formula is C23H28N2O4S. The second-order valence-electron chi connectivity index (χ2n) is 7.95. The maximum atomic E-state index is 12.9. The number of rotatable bonds is 6. The van der Waals surface area contributed by atoms with E-state index >= 15 is 0 Å². The summed E-state index contributed by atoms with van der Waals surface area (Å²) >= 11 is 1.44. The van der Waals surface area contributed by atoms with Crippen molar-refractivity contribution in [3.05, 3.63) is 40.6 Å². The van der Waals surface area contributed by atoms with Crippen molar-refractivity contribution in [3.8, 4) is 11.5 Å². The van der Waals surface area contributed by atoms with E-state index in [4.69, 9.17) is 9.47 Å². The first-order chi connectivity index (χ1) is 14.6. The van der Waals surface area contributed by atoms with Gasteiger partial charge in [0.05, 0.1) is 24.0 Å². The van der Waals surface area contributed by atoms with Gasteiger partial charge < -0.3 is 19.7 Å². The fraction of sp³-hybridized carbons (Fsp3) is 0.478. The van der Waals surface area contributed by atoms with Crippen LogP contribution in [-0.4, -0.2) is 43.0 Å². The zero-order chi connectivity index (χ0) is 20.9. The van der Waals surface area contributed by atoms with Crippen LogP contribution in [0.4, 0.5) is 5.69 Å². The molecule has 1 aromatic carbocycles. The van der Waals surface area contributed by atoms with Crippen molar-refractivity contribution < 1.29 is 19.1 Å². The van der Waals surface area contributed by atoms with E-state index in [1.54, 1.807) is 12.0 Å². The Morgan fingerprint density at radius 3 is 2.67 bits per heavy atom. The highest BCUT2D eigenvalue weighted by Crippen LogP contribution is 2.34. The summed E-state index contributed by atoms with van der Waals surface area (Å²) in [6.45, 7) is 1.15. The van der Waals surface area contributed by atoms with Gasteiger partial charge in [-0.1, -0.05) is 6.07 Å². The maximum absolute atomic E-state index is 12.9. The molecule has 1 aliphatic heterocycles. The molecule has 1 unspecified atom stereocenters. The summed E-state index contributed by atoms with van der Waals surface area (Å²) < 4.78 is 11.6. The molecular weight excluding hydrogens is 400 g/mol. The van der Waals surface area contributed by atoms with Crippen molar-refractivity contribution in [1.29, 1.82) is 0 Å². The predicted octanol–water partition coefficient (Wildman–Crippen LogP) is 4.57.